The summed E-state index contributed by atoms with van der Waals surface area (Å²) in [5.74, 6) is 0.634. The first-order valence-corrected chi connectivity index (χ1v) is 12.7. The van der Waals surface area contributed by atoms with Crippen molar-refractivity contribution in [2.45, 2.75) is 44.5 Å². The lowest BCUT2D eigenvalue weighted by atomic mass is 10.0. The van der Waals surface area contributed by atoms with Crippen LogP contribution >= 0.6 is 0 Å². The number of ether oxygens (including phenoxy) is 3. The van der Waals surface area contributed by atoms with Crippen LogP contribution in [0.2, 0.25) is 0 Å². The van der Waals surface area contributed by atoms with E-state index >= 15 is 0 Å². The number of hydrogen-bond acceptors (Lipinski definition) is 10. The third-order valence-corrected chi connectivity index (χ3v) is 7.12. The normalized spacial score (nSPS) is 22.2. The molecule has 3 amide bonds. The molecule has 0 bridgehead atoms. The van der Waals surface area contributed by atoms with Gasteiger partial charge in [-0.15, -0.1) is 0 Å². The van der Waals surface area contributed by atoms with Crippen molar-refractivity contribution in [1.82, 2.24) is 14.9 Å². The van der Waals surface area contributed by atoms with Crippen molar-refractivity contribution in [3.63, 3.8) is 0 Å². The highest BCUT2D eigenvalue weighted by molar-refractivity contribution is 6.01. The lowest BCUT2D eigenvalue weighted by Crippen LogP contribution is -2.40. The first-order valence-electron chi connectivity index (χ1n) is 12.7. The summed E-state index contributed by atoms with van der Waals surface area (Å²) >= 11 is 0. The number of nitrogens with one attached hydrogen (secondary N) is 2. The zero-order valence-electron chi connectivity index (χ0n) is 21.7. The van der Waals surface area contributed by atoms with Gasteiger partial charge in [0.15, 0.2) is 6.29 Å². The Bertz CT molecular complexity index is 1330. The number of methoxy groups -OCH3 is 1. The molecule has 204 valence electrons. The second kappa shape index (κ2) is 11.2. The number of aryl methyl sites for hydroxylation is 1. The average Bonchev–Trinajstić information content (AvgIpc) is 3.53. The lowest BCUT2D eigenvalue weighted by Gasteiger charge is -2.29. The van der Waals surface area contributed by atoms with Crippen molar-refractivity contribution in [2.75, 3.05) is 49.0 Å². The number of nitriles is 1. The number of hydrogen-bond donors (Lipinski definition) is 2. The van der Waals surface area contributed by atoms with E-state index in [-0.39, 0.29) is 36.2 Å². The largest absolute Gasteiger partial charge is 0.447 e. The second-order valence-electron chi connectivity index (χ2n) is 9.66. The predicted octanol–water partition coefficient (Wildman–Crippen LogP) is 2.31. The Kier molecular flexibility index (Phi) is 7.58. The number of amides is 3. The Labute approximate surface area is 225 Å². The number of nitrogens with zero attached hydrogens (tertiary/aromatic N) is 5. The molecule has 13 nitrogen and oxygen atoms in total. The molecular formula is C26H29N7O6. The minimum atomic E-state index is -0.466. The van der Waals surface area contributed by atoms with Crippen molar-refractivity contribution < 1.29 is 28.6 Å². The van der Waals surface area contributed by atoms with Crippen LogP contribution < -0.4 is 15.5 Å². The summed E-state index contributed by atoms with van der Waals surface area (Å²) in [5.41, 5.74) is 2.39. The summed E-state index contributed by atoms with van der Waals surface area (Å²) in [6, 6.07) is 4.79. The molecule has 3 atom stereocenters. The summed E-state index contributed by atoms with van der Waals surface area (Å²) < 4.78 is 16.0. The van der Waals surface area contributed by atoms with Gasteiger partial charge in [0.2, 0.25) is 0 Å². The minimum Gasteiger partial charge on any atom is -0.447 e. The molecule has 39 heavy (non-hydrogen) atoms. The first-order chi connectivity index (χ1) is 18.9. The van der Waals surface area contributed by atoms with Crippen molar-refractivity contribution in [3.05, 3.63) is 40.7 Å². The van der Waals surface area contributed by atoms with Gasteiger partial charge in [0.05, 0.1) is 43.1 Å². The van der Waals surface area contributed by atoms with Crippen LogP contribution in [0.5, 0.6) is 0 Å². The number of rotatable bonds is 7. The molecule has 0 radical (unpaired) electrons. The van der Waals surface area contributed by atoms with E-state index in [2.05, 4.69) is 26.7 Å². The van der Waals surface area contributed by atoms with E-state index in [9.17, 15) is 19.6 Å². The maximum Gasteiger partial charge on any atom is 0.410 e. The molecule has 2 unspecified atom stereocenters. The molecule has 0 aliphatic carbocycles. The molecule has 2 N–H and O–H groups in total. The number of aromatic nitrogens is 2. The second-order valence-corrected chi connectivity index (χ2v) is 9.66. The van der Waals surface area contributed by atoms with Gasteiger partial charge in [0.1, 0.15) is 36.1 Å². The van der Waals surface area contributed by atoms with E-state index in [0.29, 0.717) is 68.1 Å². The summed E-state index contributed by atoms with van der Waals surface area (Å²) in [4.78, 5) is 49.1. The van der Waals surface area contributed by atoms with E-state index in [1.165, 1.54) is 11.1 Å². The SMILES string of the molecule is COC1COCC1Nc1cc(NC(=O)N2CCCc3cc(CN4C(=O)OC[C@@H]4C)c(C=O)nc32)ncc1C#N. The zero-order chi connectivity index (χ0) is 27.5. The number of aldehydes is 1. The maximum atomic E-state index is 13.3. The molecule has 2 saturated heterocycles. The first kappa shape index (κ1) is 26.3. The predicted molar refractivity (Wildman–Crippen MR) is 139 cm³/mol. The van der Waals surface area contributed by atoms with Gasteiger partial charge in [-0.25, -0.2) is 19.6 Å². The van der Waals surface area contributed by atoms with E-state index in [0.717, 1.165) is 5.56 Å². The van der Waals surface area contributed by atoms with Gasteiger partial charge >= 0.3 is 12.1 Å². The fourth-order valence-electron chi connectivity index (χ4n) is 4.94. The molecule has 2 aromatic rings. The molecule has 2 fully saturated rings. The number of cyclic esters (lactones) is 1. The summed E-state index contributed by atoms with van der Waals surface area (Å²) in [5, 5.41) is 15.6. The van der Waals surface area contributed by atoms with E-state index in [1.807, 2.05) is 13.0 Å². The van der Waals surface area contributed by atoms with Crippen LogP contribution in [-0.2, 0) is 27.2 Å². The van der Waals surface area contributed by atoms with Gasteiger partial charge in [-0.05, 0) is 31.4 Å². The van der Waals surface area contributed by atoms with Crippen LogP contribution in [0.25, 0.3) is 0 Å². The van der Waals surface area contributed by atoms with Gasteiger partial charge in [-0.1, -0.05) is 0 Å². The molecule has 5 rings (SSSR count). The topological polar surface area (TPSA) is 159 Å². The van der Waals surface area contributed by atoms with Gasteiger partial charge in [-0.2, -0.15) is 5.26 Å². The van der Waals surface area contributed by atoms with Crippen LogP contribution in [0.15, 0.2) is 18.3 Å². The van der Waals surface area contributed by atoms with E-state index < -0.39 is 12.1 Å². The Morgan fingerprint density at radius 3 is 2.90 bits per heavy atom. The van der Waals surface area contributed by atoms with Gasteiger partial charge in [0, 0.05) is 31.5 Å². The van der Waals surface area contributed by atoms with Crippen molar-refractivity contribution >= 4 is 35.7 Å². The number of pyridine rings is 2. The maximum absolute atomic E-state index is 13.3. The molecule has 5 heterocycles. The Morgan fingerprint density at radius 1 is 1.33 bits per heavy atom. The van der Waals surface area contributed by atoms with Crippen LogP contribution in [0.1, 0.15) is 40.5 Å². The quantitative estimate of drug-likeness (QED) is 0.504. The molecule has 3 aliphatic rings. The number of anilines is 3. The summed E-state index contributed by atoms with van der Waals surface area (Å²) in [6.45, 7) is 3.62. The number of fused-ring (bicyclic) bond motifs is 1. The van der Waals surface area contributed by atoms with Gasteiger partial charge < -0.3 is 19.5 Å². The van der Waals surface area contributed by atoms with Gasteiger partial charge in [0.25, 0.3) is 0 Å². The average molecular weight is 536 g/mol. The standard InChI is InChI=1S/C26H29N7O6/c1-15-12-39-26(36)33(15)10-17-6-16-4-3-5-32(24(16)30-20(17)11-34)25(35)31-23-7-19(18(8-27)9-28-23)29-21-13-38-14-22(21)37-2/h6-7,9,11,15,21-22H,3-5,10,12-14H2,1-2H3,(H2,28,29,31,35)/t15-,21?,22?/m0/s1. The Balaban J connectivity index is 1.36. The monoisotopic (exact) mass is 535 g/mol. The highest BCUT2D eigenvalue weighted by Gasteiger charge is 2.32. The van der Waals surface area contributed by atoms with Crippen molar-refractivity contribution in [3.8, 4) is 6.07 Å². The summed E-state index contributed by atoms with van der Waals surface area (Å²) in [6.07, 6.45) is 2.78. The number of carbonyl (C=O) groups is 3. The molecule has 2 aromatic heterocycles. The van der Waals surface area contributed by atoms with Crippen LogP contribution in [-0.4, -0.2) is 84.9 Å². The molecular weight excluding hydrogens is 506 g/mol. The highest BCUT2D eigenvalue weighted by atomic mass is 16.6. The highest BCUT2D eigenvalue weighted by Crippen LogP contribution is 2.30. The molecule has 3 aliphatic heterocycles. The van der Waals surface area contributed by atoms with Crippen molar-refractivity contribution in [2.24, 2.45) is 0 Å². The van der Waals surface area contributed by atoms with E-state index in [4.69, 9.17) is 14.2 Å². The number of carbonyl (C=O) groups excluding carboxylic acids is 3. The number of urea groups is 1. The minimum absolute atomic E-state index is 0.115. The smallest absolute Gasteiger partial charge is 0.410 e. The van der Waals surface area contributed by atoms with Crippen LogP contribution in [0.3, 0.4) is 0 Å². The lowest BCUT2D eigenvalue weighted by molar-refractivity contribution is 0.0795. The Hall–Kier alpha value is -4.28. The van der Waals surface area contributed by atoms with E-state index in [1.54, 1.807) is 18.1 Å². The third kappa shape index (κ3) is 5.34. The van der Waals surface area contributed by atoms with Gasteiger partial charge in [-0.3, -0.25) is 19.9 Å². The fourth-order valence-corrected chi connectivity index (χ4v) is 4.94. The molecule has 0 saturated carbocycles. The third-order valence-electron chi connectivity index (χ3n) is 7.12. The molecule has 13 heteroatoms. The molecule has 0 aromatic carbocycles. The Morgan fingerprint density at radius 2 is 2.18 bits per heavy atom. The van der Waals surface area contributed by atoms with Crippen LogP contribution in [0.4, 0.5) is 26.9 Å². The molecule has 0 spiro atoms. The fraction of sp³-hybridized carbons (Fsp3) is 0.462. The van der Waals surface area contributed by atoms with Crippen LogP contribution in [0, 0.1) is 11.3 Å². The zero-order valence-corrected chi connectivity index (χ0v) is 21.7. The van der Waals surface area contributed by atoms with Crippen molar-refractivity contribution in [1.29, 1.82) is 5.26 Å². The summed E-state index contributed by atoms with van der Waals surface area (Å²) in [7, 11) is 1.60.